The van der Waals surface area contributed by atoms with E-state index in [1.54, 1.807) is 0 Å². The van der Waals surface area contributed by atoms with E-state index in [2.05, 4.69) is 5.32 Å². The zero-order valence-corrected chi connectivity index (χ0v) is 12.2. The van der Waals surface area contributed by atoms with Gasteiger partial charge < -0.3 is 19.9 Å². The van der Waals surface area contributed by atoms with Crippen LogP contribution < -0.4 is 5.32 Å². The molecule has 0 aromatic heterocycles. The van der Waals surface area contributed by atoms with Crippen LogP contribution in [0.15, 0.2) is 30.3 Å². The zero-order valence-electron chi connectivity index (χ0n) is 12.2. The molecule has 0 bridgehead atoms. The number of hydrogen-bond donors (Lipinski definition) is 2. The standard InChI is InChI=1S/C16H23NO4/c18-9-11-21-15(19)17-13-16(6-7-16)8-10-20-12-14-4-2-1-3-5-14/h1-5,18H,6-13H2,(H,17,19). The molecule has 0 aliphatic heterocycles. The zero-order chi connectivity index (χ0) is 15.0. The molecule has 5 heteroatoms. The van der Waals surface area contributed by atoms with Gasteiger partial charge >= 0.3 is 6.09 Å². The van der Waals surface area contributed by atoms with Crippen LogP contribution in [0.5, 0.6) is 0 Å². The first-order valence-corrected chi connectivity index (χ1v) is 7.37. The smallest absolute Gasteiger partial charge is 0.407 e. The first kappa shape index (κ1) is 15.8. The Morgan fingerprint density at radius 1 is 1.24 bits per heavy atom. The van der Waals surface area contributed by atoms with Gasteiger partial charge in [0.05, 0.1) is 13.2 Å². The second-order valence-corrected chi connectivity index (χ2v) is 5.50. The van der Waals surface area contributed by atoms with E-state index < -0.39 is 6.09 Å². The molecule has 1 aliphatic rings. The maximum absolute atomic E-state index is 11.3. The molecule has 1 saturated carbocycles. The van der Waals surface area contributed by atoms with E-state index in [4.69, 9.17) is 14.6 Å². The van der Waals surface area contributed by atoms with Crippen molar-refractivity contribution in [1.82, 2.24) is 5.32 Å². The molecule has 0 spiro atoms. The fraction of sp³-hybridized carbons (Fsp3) is 0.562. The number of ether oxygens (including phenoxy) is 2. The number of alkyl carbamates (subject to hydrolysis) is 1. The van der Waals surface area contributed by atoms with Gasteiger partial charge in [-0.3, -0.25) is 0 Å². The van der Waals surface area contributed by atoms with Crippen LogP contribution in [0.2, 0.25) is 0 Å². The molecule has 0 atom stereocenters. The maximum Gasteiger partial charge on any atom is 0.407 e. The summed E-state index contributed by atoms with van der Waals surface area (Å²) in [5.74, 6) is 0. The van der Waals surface area contributed by atoms with E-state index in [-0.39, 0.29) is 18.6 Å². The molecule has 1 amide bonds. The summed E-state index contributed by atoms with van der Waals surface area (Å²) in [5.41, 5.74) is 1.35. The summed E-state index contributed by atoms with van der Waals surface area (Å²) in [5, 5.41) is 11.3. The van der Waals surface area contributed by atoms with E-state index in [0.29, 0.717) is 19.8 Å². The summed E-state index contributed by atoms with van der Waals surface area (Å²) < 4.78 is 10.5. The molecular weight excluding hydrogens is 270 g/mol. The van der Waals surface area contributed by atoms with Crippen LogP contribution in [0.4, 0.5) is 4.79 Å². The first-order valence-electron chi connectivity index (χ1n) is 7.37. The van der Waals surface area contributed by atoms with Gasteiger partial charge in [0.2, 0.25) is 0 Å². The van der Waals surface area contributed by atoms with Gasteiger partial charge in [-0.15, -0.1) is 0 Å². The first-order chi connectivity index (χ1) is 10.2. The fourth-order valence-corrected chi connectivity index (χ4v) is 2.19. The van der Waals surface area contributed by atoms with Crippen molar-refractivity contribution < 1.29 is 19.4 Å². The third-order valence-corrected chi connectivity index (χ3v) is 3.78. The summed E-state index contributed by atoms with van der Waals surface area (Å²) in [7, 11) is 0. The largest absolute Gasteiger partial charge is 0.447 e. The molecular formula is C16H23NO4. The Morgan fingerprint density at radius 2 is 2.00 bits per heavy atom. The molecule has 5 nitrogen and oxygen atoms in total. The lowest BCUT2D eigenvalue weighted by molar-refractivity contribution is 0.0994. The van der Waals surface area contributed by atoms with Gasteiger partial charge in [0, 0.05) is 13.2 Å². The summed E-state index contributed by atoms with van der Waals surface area (Å²) in [4.78, 5) is 11.3. The number of hydrogen-bond acceptors (Lipinski definition) is 4. The highest BCUT2D eigenvalue weighted by molar-refractivity contribution is 5.67. The number of nitrogens with one attached hydrogen (secondary N) is 1. The maximum atomic E-state index is 11.3. The van der Waals surface area contributed by atoms with E-state index in [0.717, 1.165) is 19.3 Å². The molecule has 2 rings (SSSR count). The number of aliphatic hydroxyl groups is 1. The Balaban J connectivity index is 1.58. The average Bonchev–Trinajstić information content (AvgIpc) is 3.29. The van der Waals surface area contributed by atoms with Crippen LogP contribution in [-0.4, -0.2) is 37.6 Å². The average molecular weight is 293 g/mol. The summed E-state index contributed by atoms with van der Waals surface area (Å²) in [6.07, 6.45) is 2.71. The fourth-order valence-electron chi connectivity index (χ4n) is 2.19. The lowest BCUT2D eigenvalue weighted by Gasteiger charge is -2.16. The van der Waals surface area contributed by atoms with Gasteiger partial charge in [-0.25, -0.2) is 4.79 Å². The van der Waals surface area contributed by atoms with Gasteiger partial charge in [0.15, 0.2) is 0 Å². The second-order valence-electron chi connectivity index (χ2n) is 5.50. The monoisotopic (exact) mass is 293 g/mol. The summed E-state index contributed by atoms with van der Waals surface area (Å²) in [6.45, 7) is 1.84. The van der Waals surface area contributed by atoms with Crippen molar-refractivity contribution in [3.8, 4) is 0 Å². The van der Waals surface area contributed by atoms with Crippen LogP contribution >= 0.6 is 0 Å². The summed E-state index contributed by atoms with van der Waals surface area (Å²) in [6, 6.07) is 10.1. The predicted octanol–water partition coefficient (Wildman–Crippen LogP) is 2.09. The highest BCUT2D eigenvalue weighted by atomic mass is 16.6. The van der Waals surface area contributed by atoms with Gasteiger partial charge in [0.1, 0.15) is 6.61 Å². The molecule has 0 unspecified atom stereocenters. The van der Waals surface area contributed by atoms with Crippen LogP contribution in [-0.2, 0) is 16.1 Å². The minimum Gasteiger partial charge on any atom is -0.447 e. The molecule has 1 aromatic carbocycles. The molecule has 2 N–H and O–H groups in total. The van der Waals surface area contributed by atoms with Crippen molar-refractivity contribution in [1.29, 1.82) is 0 Å². The van der Waals surface area contributed by atoms with Crippen molar-refractivity contribution in [3.05, 3.63) is 35.9 Å². The van der Waals surface area contributed by atoms with Crippen LogP contribution in [0.3, 0.4) is 0 Å². The SMILES string of the molecule is O=C(NCC1(CCOCc2ccccc2)CC1)OCCO. The number of rotatable bonds is 9. The molecule has 0 saturated heterocycles. The highest BCUT2D eigenvalue weighted by Gasteiger charge is 2.42. The minimum absolute atomic E-state index is 0.0407. The molecule has 1 aromatic rings. The molecule has 1 fully saturated rings. The minimum atomic E-state index is -0.458. The van der Waals surface area contributed by atoms with Gasteiger partial charge in [0.25, 0.3) is 0 Å². The van der Waals surface area contributed by atoms with Gasteiger partial charge in [-0.05, 0) is 30.2 Å². The number of carbonyl (C=O) groups is 1. The normalized spacial score (nSPS) is 15.5. The van der Waals surface area contributed by atoms with Crippen molar-refractivity contribution >= 4 is 6.09 Å². The van der Waals surface area contributed by atoms with Crippen LogP contribution in [0, 0.1) is 5.41 Å². The van der Waals surface area contributed by atoms with E-state index in [9.17, 15) is 4.79 Å². The van der Waals surface area contributed by atoms with Crippen molar-refractivity contribution in [2.45, 2.75) is 25.9 Å². The Labute approximate surface area is 125 Å². The predicted molar refractivity (Wildman–Crippen MR) is 78.8 cm³/mol. The van der Waals surface area contributed by atoms with Crippen molar-refractivity contribution in [2.24, 2.45) is 5.41 Å². The van der Waals surface area contributed by atoms with Gasteiger partial charge in [-0.1, -0.05) is 30.3 Å². The lowest BCUT2D eigenvalue weighted by Crippen LogP contribution is -2.31. The number of amides is 1. The van der Waals surface area contributed by atoms with Gasteiger partial charge in [-0.2, -0.15) is 0 Å². The highest BCUT2D eigenvalue weighted by Crippen LogP contribution is 2.48. The number of aliphatic hydroxyl groups excluding tert-OH is 1. The Bertz CT molecular complexity index is 431. The molecule has 116 valence electrons. The Kier molecular flexibility index (Phi) is 6.02. The molecule has 0 heterocycles. The summed E-state index contributed by atoms with van der Waals surface area (Å²) >= 11 is 0. The van der Waals surface area contributed by atoms with Crippen molar-refractivity contribution in [3.63, 3.8) is 0 Å². The number of benzene rings is 1. The molecule has 0 radical (unpaired) electrons. The van der Waals surface area contributed by atoms with Crippen LogP contribution in [0.1, 0.15) is 24.8 Å². The number of carbonyl (C=O) groups excluding carboxylic acids is 1. The Hall–Kier alpha value is -1.59. The Morgan fingerprint density at radius 3 is 2.67 bits per heavy atom. The third-order valence-electron chi connectivity index (χ3n) is 3.78. The van der Waals surface area contributed by atoms with E-state index >= 15 is 0 Å². The second kappa shape index (κ2) is 8.00. The lowest BCUT2D eigenvalue weighted by atomic mass is 10.0. The van der Waals surface area contributed by atoms with E-state index in [1.807, 2.05) is 30.3 Å². The van der Waals surface area contributed by atoms with E-state index in [1.165, 1.54) is 5.56 Å². The molecule has 1 aliphatic carbocycles. The molecule has 21 heavy (non-hydrogen) atoms. The van der Waals surface area contributed by atoms with Crippen LogP contribution in [0.25, 0.3) is 0 Å². The quantitative estimate of drug-likeness (QED) is 0.684. The van der Waals surface area contributed by atoms with Crippen molar-refractivity contribution in [2.75, 3.05) is 26.4 Å². The third kappa shape index (κ3) is 5.73. The topological polar surface area (TPSA) is 67.8 Å².